The molecule has 9 nitrogen and oxygen atoms in total. The average molecular weight is 572 g/mol. The topological polar surface area (TPSA) is 113 Å². The highest BCUT2D eigenvalue weighted by molar-refractivity contribution is 7.92. The van der Waals surface area contributed by atoms with Crippen LogP contribution in [0.5, 0.6) is 5.75 Å². The summed E-state index contributed by atoms with van der Waals surface area (Å²) in [6, 6.07) is 19.3. The number of hydrogen-bond donors (Lipinski definition) is 1. The largest absolute Gasteiger partial charge is 0.495 e. The molecule has 4 rings (SSSR count). The molecule has 208 valence electrons. The molecule has 1 fully saturated rings. The Morgan fingerprint density at radius 3 is 2.26 bits per heavy atom. The van der Waals surface area contributed by atoms with Gasteiger partial charge in [-0.1, -0.05) is 49.7 Å². The zero-order valence-corrected chi connectivity index (χ0v) is 23.7. The smallest absolute Gasteiger partial charge is 0.264 e. The van der Waals surface area contributed by atoms with Gasteiger partial charge in [0.05, 0.1) is 17.7 Å². The number of para-hydroxylation sites is 1. The molecule has 0 aromatic heterocycles. The van der Waals surface area contributed by atoms with Gasteiger partial charge in [-0.15, -0.1) is 0 Å². The summed E-state index contributed by atoms with van der Waals surface area (Å²) >= 11 is 0. The number of piperidine rings is 1. The average Bonchev–Trinajstić information content (AvgIpc) is 2.96. The van der Waals surface area contributed by atoms with Crippen molar-refractivity contribution in [3.63, 3.8) is 0 Å². The lowest BCUT2D eigenvalue weighted by molar-refractivity contribution is -0.114. The molecule has 39 heavy (non-hydrogen) atoms. The van der Waals surface area contributed by atoms with E-state index in [2.05, 4.69) is 5.32 Å². The lowest BCUT2D eigenvalue weighted by atomic mass is 10.1. The Morgan fingerprint density at radius 2 is 1.59 bits per heavy atom. The number of benzene rings is 3. The van der Waals surface area contributed by atoms with Crippen molar-refractivity contribution >= 4 is 37.3 Å². The number of nitrogens with zero attached hydrogens (tertiary/aromatic N) is 2. The molecule has 0 aliphatic carbocycles. The molecule has 0 spiro atoms. The van der Waals surface area contributed by atoms with Crippen molar-refractivity contribution in [1.29, 1.82) is 0 Å². The molecule has 0 saturated carbocycles. The van der Waals surface area contributed by atoms with E-state index in [-0.39, 0.29) is 21.2 Å². The summed E-state index contributed by atoms with van der Waals surface area (Å²) in [5, 5.41) is 2.69. The molecule has 0 atom stereocenters. The van der Waals surface area contributed by atoms with Crippen LogP contribution in [0.25, 0.3) is 0 Å². The van der Waals surface area contributed by atoms with E-state index in [1.54, 1.807) is 30.3 Å². The van der Waals surface area contributed by atoms with Gasteiger partial charge in [0, 0.05) is 18.8 Å². The molecule has 1 heterocycles. The summed E-state index contributed by atoms with van der Waals surface area (Å²) in [7, 11) is -6.54. The highest BCUT2D eigenvalue weighted by Crippen LogP contribution is 2.32. The number of nitrogens with one attached hydrogen (secondary N) is 1. The van der Waals surface area contributed by atoms with Gasteiger partial charge in [-0.25, -0.2) is 16.8 Å². The van der Waals surface area contributed by atoms with Crippen molar-refractivity contribution < 1.29 is 26.4 Å². The van der Waals surface area contributed by atoms with Crippen molar-refractivity contribution in [3.8, 4) is 5.75 Å². The number of aryl methyl sites for hydroxylation is 1. The second-order valence-electron chi connectivity index (χ2n) is 9.19. The van der Waals surface area contributed by atoms with Gasteiger partial charge in [-0.2, -0.15) is 4.31 Å². The van der Waals surface area contributed by atoms with Crippen molar-refractivity contribution in [2.45, 2.75) is 42.4 Å². The van der Waals surface area contributed by atoms with E-state index in [0.717, 1.165) is 29.1 Å². The first-order valence-corrected chi connectivity index (χ1v) is 15.7. The van der Waals surface area contributed by atoms with Crippen molar-refractivity contribution in [2.75, 3.05) is 36.4 Å². The standard InChI is InChI=1S/C28H33N3O6S2/c1-3-22-12-8-9-15-25(22)31(38(33,34)24-13-6-4-7-14-24)21-28(32)29-23-16-17-26(37-2)27(20-23)39(35,36)30-18-10-5-11-19-30/h4,6-9,12-17,20H,3,5,10-11,18-19,21H2,1-2H3,(H,29,32). The highest BCUT2D eigenvalue weighted by Gasteiger charge is 2.31. The van der Waals surface area contributed by atoms with Gasteiger partial charge in [0.2, 0.25) is 15.9 Å². The van der Waals surface area contributed by atoms with E-state index < -0.39 is 32.5 Å². The van der Waals surface area contributed by atoms with E-state index >= 15 is 0 Å². The summed E-state index contributed by atoms with van der Waals surface area (Å²) in [5.74, 6) is -0.448. The fraction of sp³-hybridized carbons (Fsp3) is 0.321. The number of carbonyl (C=O) groups is 1. The number of methoxy groups -OCH3 is 1. The molecule has 0 unspecified atom stereocenters. The lowest BCUT2D eigenvalue weighted by Crippen LogP contribution is -2.38. The maximum absolute atomic E-state index is 13.7. The third kappa shape index (κ3) is 6.26. The zero-order chi connectivity index (χ0) is 28.0. The fourth-order valence-electron chi connectivity index (χ4n) is 4.60. The van der Waals surface area contributed by atoms with Crippen LogP contribution in [0.3, 0.4) is 0 Å². The summed E-state index contributed by atoms with van der Waals surface area (Å²) in [4.78, 5) is 13.3. The van der Waals surface area contributed by atoms with Crippen LogP contribution in [-0.4, -0.2) is 53.8 Å². The Hall–Kier alpha value is -3.41. The number of sulfonamides is 2. The van der Waals surface area contributed by atoms with E-state index in [4.69, 9.17) is 4.74 Å². The number of carbonyl (C=O) groups excluding carboxylic acids is 1. The minimum atomic E-state index is -4.08. The highest BCUT2D eigenvalue weighted by atomic mass is 32.2. The second kappa shape index (κ2) is 12.2. The quantitative estimate of drug-likeness (QED) is 0.389. The second-order valence-corrected chi connectivity index (χ2v) is 13.0. The van der Waals surface area contributed by atoms with E-state index in [1.807, 2.05) is 19.1 Å². The van der Waals surface area contributed by atoms with Gasteiger partial charge >= 0.3 is 0 Å². The minimum absolute atomic E-state index is 0.0465. The normalized spacial score (nSPS) is 14.5. The Morgan fingerprint density at radius 1 is 0.923 bits per heavy atom. The third-order valence-electron chi connectivity index (χ3n) is 6.64. The van der Waals surface area contributed by atoms with Gasteiger partial charge in [0.1, 0.15) is 17.2 Å². The molecule has 0 radical (unpaired) electrons. The Labute approximate surface area is 230 Å². The Bertz CT molecular complexity index is 1520. The van der Waals surface area contributed by atoms with Crippen LogP contribution in [0.4, 0.5) is 11.4 Å². The van der Waals surface area contributed by atoms with Crippen LogP contribution < -0.4 is 14.4 Å². The predicted octanol–water partition coefficient (Wildman–Crippen LogP) is 4.27. The number of anilines is 2. The fourth-order valence-corrected chi connectivity index (χ4v) is 7.78. The van der Waals surface area contributed by atoms with Gasteiger partial charge < -0.3 is 10.1 Å². The number of rotatable bonds is 10. The molecule has 1 aliphatic heterocycles. The zero-order valence-electron chi connectivity index (χ0n) is 22.0. The van der Waals surface area contributed by atoms with Crippen molar-refractivity contribution in [2.24, 2.45) is 0 Å². The molecular weight excluding hydrogens is 538 g/mol. The van der Waals surface area contributed by atoms with Crippen LogP contribution in [0.1, 0.15) is 31.7 Å². The van der Waals surface area contributed by atoms with Gasteiger partial charge in [-0.05, 0) is 61.2 Å². The summed E-state index contributed by atoms with van der Waals surface area (Å²) in [6.07, 6.45) is 3.10. The molecule has 3 aromatic rings. The van der Waals surface area contributed by atoms with E-state index in [9.17, 15) is 21.6 Å². The van der Waals surface area contributed by atoms with E-state index in [1.165, 1.54) is 41.7 Å². The number of ether oxygens (including phenoxy) is 1. The Kier molecular flexibility index (Phi) is 8.94. The molecule has 1 amide bonds. The molecular formula is C28H33N3O6S2. The van der Waals surface area contributed by atoms with Gasteiger partial charge in [0.15, 0.2) is 0 Å². The summed E-state index contributed by atoms with van der Waals surface area (Å²) in [5.41, 5.74) is 1.39. The summed E-state index contributed by atoms with van der Waals surface area (Å²) in [6.45, 7) is 2.25. The molecule has 3 aromatic carbocycles. The molecule has 1 N–H and O–H groups in total. The minimum Gasteiger partial charge on any atom is -0.495 e. The van der Waals surface area contributed by atoms with Crippen molar-refractivity contribution in [1.82, 2.24) is 4.31 Å². The first-order chi connectivity index (χ1) is 18.7. The molecule has 11 heteroatoms. The van der Waals surface area contributed by atoms with Crippen LogP contribution in [0, 0.1) is 0 Å². The SMILES string of the molecule is CCc1ccccc1N(CC(=O)Nc1ccc(OC)c(S(=O)(=O)N2CCCCC2)c1)S(=O)(=O)c1ccccc1. The lowest BCUT2D eigenvalue weighted by Gasteiger charge is -2.27. The summed E-state index contributed by atoms with van der Waals surface area (Å²) < 4.78 is 61.9. The van der Waals surface area contributed by atoms with Crippen LogP contribution in [0.15, 0.2) is 82.6 Å². The number of amides is 1. The maximum atomic E-state index is 13.7. The monoisotopic (exact) mass is 571 g/mol. The van der Waals surface area contributed by atoms with Crippen LogP contribution >= 0.6 is 0 Å². The molecule has 1 saturated heterocycles. The van der Waals surface area contributed by atoms with Crippen LogP contribution in [0.2, 0.25) is 0 Å². The van der Waals surface area contributed by atoms with Crippen molar-refractivity contribution in [3.05, 3.63) is 78.4 Å². The molecule has 1 aliphatic rings. The van der Waals surface area contributed by atoms with Gasteiger partial charge in [-0.3, -0.25) is 9.10 Å². The maximum Gasteiger partial charge on any atom is 0.264 e. The Balaban J connectivity index is 1.66. The first-order valence-electron chi connectivity index (χ1n) is 12.8. The van der Waals surface area contributed by atoms with E-state index in [0.29, 0.717) is 25.2 Å². The third-order valence-corrected chi connectivity index (χ3v) is 10.3. The number of hydrogen-bond acceptors (Lipinski definition) is 6. The molecule has 0 bridgehead atoms. The predicted molar refractivity (Wildman–Crippen MR) is 151 cm³/mol. The van der Waals surface area contributed by atoms with Gasteiger partial charge in [0.25, 0.3) is 10.0 Å². The van der Waals surface area contributed by atoms with Crippen LogP contribution in [-0.2, 0) is 31.3 Å². The first kappa shape index (κ1) is 28.6.